The van der Waals surface area contributed by atoms with E-state index in [4.69, 9.17) is 10.5 Å². The van der Waals surface area contributed by atoms with E-state index in [1.807, 2.05) is 20.8 Å². The van der Waals surface area contributed by atoms with E-state index in [0.717, 1.165) is 19.4 Å². The number of ether oxygens (including phenoxy) is 1. The lowest BCUT2D eigenvalue weighted by Gasteiger charge is -2.10. The number of nitrogens with one attached hydrogen (secondary N) is 1. The molecule has 0 aromatic carbocycles. The van der Waals surface area contributed by atoms with Gasteiger partial charge in [0.1, 0.15) is 11.4 Å². The highest BCUT2D eigenvalue weighted by atomic mass is 16.5. The van der Waals surface area contributed by atoms with Crippen molar-refractivity contribution in [2.45, 2.75) is 39.7 Å². The summed E-state index contributed by atoms with van der Waals surface area (Å²) in [5.74, 6) is 0.400. The van der Waals surface area contributed by atoms with Crippen LogP contribution in [0.5, 0.6) is 0 Å². The number of hydrogen-bond acceptors (Lipinski definition) is 5. The van der Waals surface area contributed by atoms with Crippen molar-refractivity contribution in [2.75, 3.05) is 24.7 Å². The third-order valence-corrected chi connectivity index (χ3v) is 2.89. The maximum Gasteiger partial charge on any atom is 0.345 e. The molecule has 0 amide bonds. The van der Waals surface area contributed by atoms with E-state index in [1.54, 1.807) is 4.68 Å². The Hall–Kier alpha value is -1.72. The van der Waals surface area contributed by atoms with E-state index in [1.165, 1.54) is 7.11 Å². The summed E-state index contributed by atoms with van der Waals surface area (Å²) in [6, 6.07) is 0.144. The number of esters is 1. The molecule has 18 heavy (non-hydrogen) atoms. The lowest BCUT2D eigenvalue weighted by molar-refractivity contribution is 0.0603. The van der Waals surface area contributed by atoms with E-state index in [-0.39, 0.29) is 6.04 Å². The van der Waals surface area contributed by atoms with Gasteiger partial charge in [0, 0.05) is 6.54 Å². The lowest BCUT2D eigenvalue weighted by atomic mass is 10.2. The van der Waals surface area contributed by atoms with Gasteiger partial charge in [0.15, 0.2) is 5.82 Å². The number of carbonyl (C=O) groups excluding carboxylic acids is 1. The molecule has 0 fully saturated rings. The summed E-state index contributed by atoms with van der Waals surface area (Å²) in [5.41, 5.74) is 6.31. The van der Waals surface area contributed by atoms with Crippen LogP contribution in [0.15, 0.2) is 0 Å². The fourth-order valence-corrected chi connectivity index (χ4v) is 1.63. The molecular weight excluding hydrogens is 232 g/mol. The molecule has 0 aliphatic carbocycles. The van der Waals surface area contributed by atoms with Crippen LogP contribution in [0.3, 0.4) is 0 Å². The highest BCUT2D eigenvalue weighted by Gasteiger charge is 2.24. The number of methoxy groups -OCH3 is 1. The summed E-state index contributed by atoms with van der Waals surface area (Å²) in [6.07, 6.45) is 1.83. The van der Waals surface area contributed by atoms with Gasteiger partial charge in [-0.05, 0) is 19.8 Å². The van der Waals surface area contributed by atoms with E-state index in [2.05, 4.69) is 10.4 Å². The Bertz CT molecular complexity index is 414. The van der Waals surface area contributed by atoms with Gasteiger partial charge < -0.3 is 15.8 Å². The van der Waals surface area contributed by atoms with Crippen LogP contribution in [0.2, 0.25) is 0 Å². The number of anilines is 2. The van der Waals surface area contributed by atoms with Crippen LogP contribution < -0.4 is 11.1 Å². The number of hydrogen-bond donors (Lipinski definition) is 2. The van der Waals surface area contributed by atoms with Crippen LogP contribution in [-0.4, -0.2) is 29.4 Å². The molecular formula is C12H22N4O2. The van der Waals surface area contributed by atoms with E-state index >= 15 is 0 Å². The second-order valence-corrected chi connectivity index (χ2v) is 4.23. The monoisotopic (exact) mass is 254 g/mol. The van der Waals surface area contributed by atoms with Crippen molar-refractivity contribution in [3.05, 3.63) is 5.56 Å². The Kier molecular flexibility index (Phi) is 5.00. The third kappa shape index (κ3) is 2.75. The number of carbonyl (C=O) groups is 1. The predicted molar refractivity (Wildman–Crippen MR) is 71.8 cm³/mol. The van der Waals surface area contributed by atoms with Gasteiger partial charge >= 0.3 is 5.97 Å². The first-order valence-electron chi connectivity index (χ1n) is 6.26. The Morgan fingerprint density at radius 2 is 2.22 bits per heavy atom. The van der Waals surface area contributed by atoms with Crippen LogP contribution in [0.25, 0.3) is 0 Å². The molecule has 1 aromatic rings. The first-order valence-corrected chi connectivity index (χ1v) is 6.26. The van der Waals surface area contributed by atoms with Gasteiger partial charge in [-0.1, -0.05) is 13.8 Å². The minimum Gasteiger partial charge on any atom is -0.465 e. The molecule has 6 heteroatoms. The van der Waals surface area contributed by atoms with Gasteiger partial charge in [-0.25, -0.2) is 9.48 Å². The predicted octanol–water partition coefficient (Wildman–Crippen LogP) is 2.04. The fourth-order valence-electron chi connectivity index (χ4n) is 1.63. The third-order valence-electron chi connectivity index (χ3n) is 2.89. The number of aromatic nitrogens is 2. The van der Waals surface area contributed by atoms with Crippen LogP contribution in [0.1, 0.15) is 50.0 Å². The first kappa shape index (κ1) is 14.3. The summed E-state index contributed by atoms with van der Waals surface area (Å²) < 4.78 is 6.42. The highest BCUT2D eigenvalue weighted by molar-refractivity contribution is 5.99. The summed E-state index contributed by atoms with van der Waals surface area (Å²) in [6.45, 7) is 6.83. The molecule has 0 aliphatic rings. The van der Waals surface area contributed by atoms with Crippen LogP contribution in [-0.2, 0) is 4.74 Å². The number of nitrogens with two attached hydrogens (primary N) is 1. The second-order valence-electron chi connectivity index (χ2n) is 4.23. The quantitative estimate of drug-likeness (QED) is 0.759. The zero-order chi connectivity index (χ0) is 13.7. The van der Waals surface area contributed by atoms with Crippen LogP contribution in [0, 0.1) is 0 Å². The molecule has 1 rings (SSSR count). The molecule has 0 saturated heterocycles. The molecule has 102 valence electrons. The van der Waals surface area contributed by atoms with E-state index in [9.17, 15) is 4.79 Å². The van der Waals surface area contributed by atoms with Crippen LogP contribution >= 0.6 is 0 Å². The second kappa shape index (κ2) is 6.28. The van der Waals surface area contributed by atoms with Gasteiger partial charge in [-0.15, -0.1) is 0 Å². The van der Waals surface area contributed by atoms with Gasteiger partial charge in [0.05, 0.1) is 13.2 Å². The standard InChI is InChI=1S/C12H22N4O2/c1-5-7-14-11-9(12(17)18-4)10(13)16(15-11)8(3)6-2/h8H,5-7,13H2,1-4H3,(H,14,15). The van der Waals surface area contributed by atoms with Crippen molar-refractivity contribution < 1.29 is 9.53 Å². The van der Waals surface area contributed by atoms with Gasteiger partial charge in [0.2, 0.25) is 0 Å². The fraction of sp³-hybridized carbons (Fsp3) is 0.667. The number of nitrogen functional groups attached to an aromatic ring is 1. The molecule has 1 unspecified atom stereocenters. The average molecular weight is 254 g/mol. The summed E-state index contributed by atoms with van der Waals surface area (Å²) in [4.78, 5) is 11.7. The van der Waals surface area contributed by atoms with Crippen molar-refractivity contribution in [1.82, 2.24) is 9.78 Å². The van der Waals surface area contributed by atoms with E-state index < -0.39 is 5.97 Å². The molecule has 3 N–H and O–H groups in total. The Morgan fingerprint density at radius 3 is 2.72 bits per heavy atom. The van der Waals surface area contributed by atoms with Gasteiger partial charge in [-0.2, -0.15) is 5.10 Å². The SMILES string of the molecule is CCCNc1nn(C(C)CC)c(N)c1C(=O)OC. The maximum absolute atomic E-state index is 11.7. The van der Waals surface area contributed by atoms with Crippen molar-refractivity contribution in [2.24, 2.45) is 0 Å². The number of rotatable bonds is 6. The number of nitrogens with zero attached hydrogens (tertiary/aromatic N) is 2. The van der Waals surface area contributed by atoms with Crippen molar-refractivity contribution in [1.29, 1.82) is 0 Å². The van der Waals surface area contributed by atoms with Crippen LogP contribution in [0.4, 0.5) is 11.6 Å². The summed E-state index contributed by atoms with van der Waals surface area (Å²) >= 11 is 0. The smallest absolute Gasteiger partial charge is 0.345 e. The Morgan fingerprint density at radius 1 is 1.56 bits per heavy atom. The van der Waals surface area contributed by atoms with Crippen molar-refractivity contribution in [3.8, 4) is 0 Å². The molecule has 1 atom stereocenters. The molecule has 0 spiro atoms. The molecule has 1 heterocycles. The molecule has 0 aliphatic heterocycles. The summed E-state index contributed by atoms with van der Waals surface area (Å²) in [5, 5.41) is 7.47. The molecule has 0 saturated carbocycles. The first-order chi connectivity index (χ1) is 8.56. The largest absolute Gasteiger partial charge is 0.465 e. The van der Waals surface area contributed by atoms with Gasteiger partial charge in [0.25, 0.3) is 0 Å². The molecule has 0 radical (unpaired) electrons. The molecule has 1 aromatic heterocycles. The zero-order valence-corrected chi connectivity index (χ0v) is 11.5. The summed E-state index contributed by atoms with van der Waals surface area (Å²) in [7, 11) is 1.34. The lowest BCUT2D eigenvalue weighted by Crippen LogP contribution is -2.11. The minimum absolute atomic E-state index is 0.144. The minimum atomic E-state index is -0.458. The normalized spacial score (nSPS) is 12.2. The molecule has 0 bridgehead atoms. The van der Waals surface area contributed by atoms with Crippen molar-refractivity contribution >= 4 is 17.6 Å². The van der Waals surface area contributed by atoms with Gasteiger partial charge in [-0.3, -0.25) is 0 Å². The van der Waals surface area contributed by atoms with E-state index in [0.29, 0.717) is 17.2 Å². The topological polar surface area (TPSA) is 82.2 Å². The Labute approximate surface area is 107 Å². The van der Waals surface area contributed by atoms with Crippen molar-refractivity contribution in [3.63, 3.8) is 0 Å². The zero-order valence-electron chi connectivity index (χ0n) is 11.5. The molecule has 6 nitrogen and oxygen atoms in total. The highest BCUT2D eigenvalue weighted by Crippen LogP contribution is 2.26. The maximum atomic E-state index is 11.7. The average Bonchev–Trinajstić information content (AvgIpc) is 2.71. The Balaban J connectivity index is 3.18.